The minimum absolute atomic E-state index is 0.112. The SMILES string of the molecule is O=C1N[C@@H](Cc2ccccc2)COCCCCN(Cc2cscn2)CCOc2ccccc21. The van der Waals surface area contributed by atoms with Gasteiger partial charge in [-0.05, 0) is 43.5 Å². The minimum atomic E-state index is -0.135. The zero-order valence-electron chi connectivity index (χ0n) is 18.8. The van der Waals surface area contributed by atoms with Crippen LogP contribution in [0.15, 0.2) is 65.5 Å². The van der Waals surface area contributed by atoms with Crippen molar-refractivity contribution in [1.82, 2.24) is 15.2 Å². The fourth-order valence-electron chi connectivity index (χ4n) is 3.96. The average Bonchev–Trinajstić information content (AvgIpc) is 3.34. The summed E-state index contributed by atoms with van der Waals surface area (Å²) in [6.07, 6.45) is 2.73. The van der Waals surface area contributed by atoms with Crippen LogP contribution in [0.3, 0.4) is 0 Å². The van der Waals surface area contributed by atoms with Crippen LogP contribution in [0, 0.1) is 0 Å². The lowest BCUT2D eigenvalue weighted by Crippen LogP contribution is -2.40. The summed E-state index contributed by atoms with van der Waals surface area (Å²) in [6.45, 7) is 4.19. The molecule has 1 aliphatic heterocycles. The second-order valence-electron chi connectivity index (χ2n) is 8.24. The van der Waals surface area contributed by atoms with Crippen LogP contribution in [0.4, 0.5) is 0 Å². The van der Waals surface area contributed by atoms with Gasteiger partial charge >= 0.3 is 0 Å². The number of carbonyl (C=O) groups excluding carboxylic acids is 1. The van der Waals surface area contributed by atoms with E-state index < -0.39 is 0 Å². The Bertz CT molecular complexity index is 981. The summed E-state index contributed by atoms with van der Waals surface area (Å²) in [6, 6.07) is 17.5. The van der Waals surface area contributed by atoms with E-state index >= 15 is 0 Å². The summed E-state index contributed by atoms with van der Waals surface area (Å²) in [5.41, 5.74) is 4.68. The van der Waals surface area contributed by atoms with Gasteiger partial charge in [0, 0.05) is 25.1 Å². The number of nitrogens with zero attached hydrogens (tertiary/aromatic N) is 2. The second kappa shape index (κ2) is 12.5. The van der Waals surface area contributed by atoms with E-state index in [1.165, 1.54) is 5.56 Å². The Morgan fingerprint density at radius 1 is 1.03 bits per heavy atom. The van der Waals surface area contributed by atoms with Crippen LogP contribution in [-0.4, -0.2) is 54.7 Å². The third-order valence-electron chi connectivity index (χ3n) is 5.66. The van der Waals surface area contributed by atoms with Gasteiger partial charge in [0.05, 0.1) is 29.4 Å². The number of amides is 1. The molecule has 1 aliphatic rings. The summed E-state index contributed by atoms with van der Waals surface area (Å²) in [7, 11) is 0. The number of carbonyl (C=O) groups is 1. The van der Waals surface area contributed by atoms with Gasteiger partial charge in [-0.25, -0.2) is 4.98 Å². The van der Waals surface area contributed by atoms with E-state index in [0.717, 1.165) is 44.6 Å². The van der Waals surface area contributed by atoms with Crippen molar-refractivity contribution in [3.63, 3.8) is 0 Å². The van der Waals surface area contributed by atoms with E-state index in [0.29, 0.717) is 31.1 Å². The Hall–Kier alpha value is -2.74. The summed E-state index contributed by atoms with van der Waals surface area (Å²) < 4.78 is 12.1. The molecule has 4 rings (SSSR count). The number of para-hydroxylation sites is 1. The standard InChI is InChI=1S/C26H31N3O3S/c30-26-24-10-4-5-11-25(24)32-15-13-29(17-23-19-33-20-27-23)12-6-7-14-31-18-22(28-26)16-21-8-2-1-3-9-21/h1-5,8-11,19-20,22H,6-7,12-18H2,(H,28,30)/t22-/m0/s1. The molecular formula is C26H31N3O3S. The number of ether oxygens (including phenoxy) is 2. The van der Waals surface area contributed by atoms with Crippen molar-refractivity contribution in [3.8, 4) is 5.75 Å². The number of hydrogen-bond donors (Lipinski definition) is 1. The van der Waals surface area contributed by atoms with Crippen molar-refractivity contribution in [3.05, 3.63) is 82.3 Å². The molecule has 0 fully saturated rings. The normalized spacial score (nSPS) is 18.9. The molecule has 2 heterocycles. The first-order valence-corrected chi connectivity index (χ1v) is 12.5. The molecule has 0 spiro atoms. The molecule has 0 aliphatic carbocycles. The van der Waals surface area contributed by atoms with Crippen LogP contribution in [-0.2, 0) is 17.7 Å². The molecule has 0 radical (unpaired) electrons. The van der Waals surface area contributed by atoms with Crippen LogP contribution in [0.1, 0.15) is 34.5 Å². The largest absolute Gasteiger partial charge is 0.491 e. The van der Waals surface area contributed by atoms with Gasteiger partial charge in [0.2, 0.25) is 0 Å². The maximum Gasteiger partial charge on any atom is 0.255 e. The van der Waals surface area contributed by atoms with E-state index in [-0.39, 0.29) is 11.9 Å². The molecule has 6 nitrogen and oxygen atoms in total. The predicted octanol–water partition coefficient (Wildman–Crippen LogP) is 4.18. The van der Waals surface area contributed by atoms with Crippen molar-refractivity contribution < 1.29 is 14.3 Å². The molecule has 1 aromatic heterocycles. The van der Waals surface area contributed by atoms with Crippen molar-refractivity contribution in [2.75, 3.05) is 32.9 Å². The summed E-state index contributed by atoms with van der Waals surface area (Å²) in [5.74, 6) is 0.474. The molecule has 0 bridgehead atoms. The van der Waals surface area contributed by atoms with Gasteiger partial charge < -0.3 is 14.8 Å². The molecule has 33 heavy (non-hydrogen) atoms. The van der Waals surface area contributed by atoms with Gasteiger partial charge in [-0.3, -0.25) is 9.69 Å². The monoisotopic (exact) mass is 465 g/mol. The molecule has 174 valence electrons. The van der Waals surface area contributed by atoms with Crippen LogP contribution in [0.5, 0.6) is 5.75 Å². The zero-order chi connectivity index (χ0) is 22.7. The lowest BCUT2D eigenvalue weighted by atomic mass is 10.1. The highest BCUT2D eigenvalue weighted by molar-refractivity contribution is 7.07. The Balaban J connectivity index is 1.47. The van der Waals surface area contributed by atoms with E-state index in [1.807, 2.05) is 48.0 Å². The molecule has 3 aromatic rings. The molecule has 0 unspecified atom stereocenters. The summed E-state index contributed by atoms with van der Waals surface area (Å²) >= 11 is 1.62. The van der Waals surface area contributed by atoms with Gasteiger partial charge in [0.1, 0.15) is 12.4 Å². The number of nitrogens with one attached hydrogen (secondary N) is 1. The first-order chi connectivity index (χ1) is 16.3. The van der Waals surface area contributed by atoms with Crippen molar-refractivity contribution in [2.45, 2.75) is 31.8 Å². The first kappa shape index (κ1) is 23.4. The number of thiazole rings is 1. The van der Waals surface area contributed by atoms with Crippen LogP contribution in [0.25, 0.3) is 0 Å². The summed E-state index contributed by atoms with van der Waals surface area (Å²) in [5, 5.41) is 5.26. The Kier molecular flexibility index (Phi) is 8.86. The Morgan fingerprint density at radius 3 is 2.73 bits per heavy atom. The van der Waals surface area contributed by atoms with Gasteiger partial charge in [0.15, 0.2) is 0 Å². The van der Waals surface area contributed by atoms with Crippen LogP contribution < -0.4 is 10.1 Å². The molecule has 1 N–H and O–H groups in total. The second-order valence-corrected chi connectivity index (χ2v) is 8.96. The highest BCUT2D eigenvalue weighted by atomic mass is 32.1. The number of rotatable bonds is 4. The third-order valence-corrected chi connectivity index (χ3v) is 6.29. The maximum atomic E-state index is 13.2. The van der Waals surface area contributed by atoms with E-state index in [4.69, 9.17) is 9.47 Å². The quantitative estimate of drug-likeness (QED) is 0.626. The van der Waals surface area contributed by atoms with Crippen LogP contribution >= 0.6 is 11.3 Å². The fraction of sp³-hybridized carbons (Fsp3) is 0.385. The fourth-order valence-corrected chi connectivity index (χ4v) is 4.51. The number of benzene rings is 2. The smallest absolute Gasteiger partial charge is 0.255 e. The van der Waals surface area contributed by atoms with Gasteiger partial charge in [-0.2, -0.15) is 0 Å². The highest BCUT2D eigenvalue weighted by Gasteiger charge is 2.19. The number of fused-ring (bicyclic) bond motifs is 1. The number of hydrogen-bond acceptors (Lipinski definition) is 6. The maximum absolute atomic E-state index is 13.2. The lowest BCUT2D eigenvalue weighted by molar-refractivity contribution is 0.0823. The van der Waals surface area contributed by atoms with Crippen LogP contribution in [0.2, 0.25) is 0 Å². The van der Waals surface area contributed by atoms with E-state index in [1.54, 1.807) is 11.3 Å². The third kappa shape index (κ3) is 7.39. The number of aromatic nitrogens is 1. The lowest BCUT2D eigenvalue weighted by Gasteiger charge is -2.22. The van der Waals surface area contributed by atoms with Crippen molar-refractivity contribution in [2.24, 2.45) is 0 Å². The van der Waals surface area contributed by atoms with E-state index in [2.05, 4.69) is 32.7 Å². The topological polar surface area (TPSA) is 63.7 Å². The Labute approximate surface area is 199 Å². The van der Waals surface area contributed by atoms with Gasteiger partial charge in [-0.1, -0.05) is 42.5 Å². The van der Waals surface area contributed by atoms with Crippen molar-refractivity contribution in [1.29, 1.82) is 0 Å². The average molecular weight is 466 g/mol. The van der Waals surface area contributed by atoms with Gasteiger partial charge in [-0.15, -0.1) is 11.3 Å². The highest BCUT2D eigenvalue weighted by Crippen LogP contribution is 2.19. The molecule has 2 aromatic carbocycles. The zero-order valence-corrected chi connectivity index (χ0v) is 19.6. The first-order valence-electron chi connectivity index (χ1n) is 11.5. The predicted molar refractivity (Wildman–Crippen MR) is 131 cm³/mol. The molecule has 7 heteroatoms. The van der Waals surface area contributed by atoms with Crippen molar-refractivity contribution >= 4 is 17.2 Å². The van der Waals surface area contributed by atoms with E-state index in [9.17, 15) is 4.79 Å². The molecular weight excluding hydrogens is 434 g/mol. The van der Waals surface area contributed by atoms with Gasteiger partial charge in [0.25, 0.3) is 5.91 Å². The Morgan fingerprint density at radius 2 is 1.88 bits per heavy atom. The minimum Gasteiger partial charge on any atom is -0.491 e. The molecule has 1 atom stereocenters. The summed E-state index contributed by atoms with van der Waals surface area (Å²) in [4.78, 5) is 19.9. The molecule has 1 amide bonds. The molecule has 0 saturated carbocycles. The molecule has 0 saturated heterocycles.